The van der Waals surface area contributed by atoms with Gasteiger partial charge in [0.25, 0.3) is 0 Å². The minimum atomic E-state index is -0.00852. The topological polar surface area (TPSA) is 40.6 Å². The molecule has 0 aromatic heterocycles. The van der Waals surface area contributed by atoms with Crippen LogP contribution in [0.1, 0.15) is 39.5 Å². The highest BCUT2D eigenvalue weighted by atomic mass is 16.2. The van der Waals surface area contributed by atoms with Crippen LogP contribution in [0, 0.1) is 0 Å². The number of likely N-dealkylation sites (N-methyl/N-ethyl adjacent to an activating group) is 1. The zero-order valence-electron chi connectivity index (χ0n) is 12.9. The maximum atomic E-state index is 12.6. The first kappa shape index (κ1) is 15.5. The van der Waals surface area contributed by atoms with Crippen molar-refractivity contribution in [2.75, 3.05) is 18.0 Å². The number of hydrogen-bond donors (Lipinski definition) is 0. The number of para-hydroxylation sites is 1. The van der Waals surface area contributed by atoms with E-state index in [-0.39, 0.29) is 24.4 Å². The summed E-state index contributed by atoms with van der Waals surface area (Å²) in [6.07, 6.45) is 4.34. The monoisotopic (exact) mass is 288 g/mol. The molecule has 0 N–H and O–H groups in total. The summed E-state index contributed by atoms with van der Waals surface area (Å²) in [6.45, 7) is 4.31. The highest BCUT2D eigenvalue weighted by molar-refractivity contribution is 5.96. The number of carbonyl (C=O) groups is 2. The van der Waals surface area contributed by atoms with Gasteiger partial charge in [0, 0.05) is 25.2 Å². The molecule has 0 radical (unpaired) electrons. The van der Waals surface area contributed by atoms with Crippen LogP contribution in [-0.2, 0) is 9.59 Å². The van der Waals surface area contributed by atoms with Gasteiger partial charge in [-0.3, -0.25) is 9.59 Å². The van der Waals surface area contributed by atoms with E-state index in [1.807, 2.05) is 37.3 Å². The average Bonchev–Trinajstić information content (AvgIpc) is 3.00. The van der Waals surface area contributed by atoms with Crippen LogP contribution in [-0.4, -0.2) is 35.8 Å². The van der Waals surface area contributed by atoms with Crippen LogP contribution in [0.2, 0.25) is 0 Å². The largest absolute Gasteiger partial charge is 0.331 e. The highest BCUT2D eigenvalue weighted by Crippen LogP contribution is 2.24. The van der Waals surface area contributed by atoms with E-state index in [1.54, 1.807) is 16.7 Å². The van der Waals surface area contributed by atoms with Crippen molar-refractivity contribution in [3.05, 3.63) is 30.3 Å². The van der Waals surface area contributed by atoms with E-state index in [1.165, 1.54) is 0 Å². The summed E-state index contributed by atoms with van der Waals surface area (Å²) in [6, 6.07) is 9.86. The van der Waals surface area contributed by atoms with Crippen LogP contribution in [0.25, 0.3) is 0 Å². The van der Waals surface area contributed by atoms with Crippen molar-refractivity contribution in [3.63, 3.8) is 0 Å². The summed E-state index contributed by atoms with van der Waals surface area (Å²) in [5, 5.41) is 0. The predicted molar refractivity (Wildman–Crippen MR) is 84.1 cm³/mol. The second kappa shape index (κ2) is 7.25. The fraction of sp³-hybridized carbons (Fsp3) is 0.529. The molecule has 1 aromatic rings. The smallest absolute Gasteiger partial charge is 0.246 e. The lowest BCUT2D eigenvalue weighted by atomic mass is 10.2. The lowest BCUT2D eigenvalue weighted by Crippen LogP contribution is -2.46. The number of hydrogen-bond acceptors (Lipinski definition) is 2. The summed E-state index contributed by atoms with van der Waals surface area (Å²) < 4.78 is 0. The zero-order valence-corrected chi connectivity index (χ0v) is 12.9. The molecule has 4 nitrogen and oxygen atoms in total. The molecule has 21 heavy (non-hydrogen) atoms. The lowest BCUT2D eigenvalue weighted by Gasteiger charge is -2.30. The number of rotatable bonds is 5. The zero-order chi connectivity index (χ0) is 15.2. The fourth-order valence-electron chi connectivity index (χ4n) is 3.06. The molecule has 114 valence electrons. The van der Waals surface area contributed by atoms with E-state index in [2.05, 4.69) is 0 Å². The summed E-state index contributed by atoms with van der Waals surface area (Å²) >= 11 is 0. The molecule has 2 rings (SSSR count). The quantitative estimate of drug-likeness (QED) is 0.836. The Morgan fingerprint density at radius 1 is 1.14 bits per heavy atom. The van der Waals surface area contributed by atoms with Crippen molar-refractivity contribution in [2.45, 2.75) is 45.6 Å². The Morgan fingerprint density at radius 3 is 2.29 bits per heavy atom. The molecule has 1 aromatic carbocycles. The third-order valence-corrected chi connectivity index (χ3v) is 4.16. The van der Waals surface area contributed by atoms with Crippen LogP contribution in [0.3, 0.4) is 0 Å². The molecule has 1 aliphatic carbocycles. The molecule has 0 heterocycles. The molecule has 0 unspecified atom stereocenters. The number of carbonyl (C=O) groups excluding carboxylic acids is 2. The van der Waals surface area contributed by atoms with E-state index in [9.17, 15) is 9.59 Å². The lowest BCUT2D eigenvalue weighted by molar-refractivity contribution is -0.135. The minimum Gasteiger partial charge on any atom is -0.331 e. The van der Waals surface area contributed by atoms with Gasteiger partial charge in [-0.25, -0.2) is 0 Å². The van der Waals surface area contributed by atoms with Gasteiger partial charge in [0.05, 0.1) is 0 Å². The first-order valence-electron chi connectivity index (χ1n) is 7.76. The van der Waals surface area contributed by atoms with E-state index in [0.29, 0.717) is 6.54 Å². The highest BCUT2D eigenvalue weighted by Gasteiger charge is 2.27. The van der Waals surface area contributed by atoms with Crippen molar-refractivity contribution in [1.82, 2.24) is 4.90 Å². The normalized spacial score (nSPS) is 15.0. The molecule has 1 aliphatic rings. The van der Waals surface area contributed by atoms with Gasteiger partial charge < -0.3 is 9.80 Å². The Morgan fingerprint density at radius 2 is 1.76 bits per heavy atom. The molecule has 0 aliphatic heterocycles. The van der Waals surface area contributed by atoms with Gasteiger partial charge >= 0.3 is 0 Å². The number of amides is 2. The van der Waals surface area contributed by atoms with Gasteiger partial charge in [0.15, 0.2) is 0 Å². The summed E-state index contributed by atoms with van der Waals surface area (Å²) in [7, 11) is 0. The Labute approximate surface area is 126 Å². The first-order valence-corrected chi connectivity index (χ1v) is 7.76. The second-order valence-corrected chi connectivity index (χ2v) is 5.56. The van der Waals surface area contributed by atoms with Crippen molar-refractivity contribution >= 4 is 17.5 Å². The van der Waals surface area contributed by atoms with Crippen LogP contribution < -0.4 is 4.90 Å². The molecule has 1 fully saturated rings. The number of nitrogens with zero attached hydrogens (tertiary/aromatic N) is 2. The molecule has 2 amide bonds. The van der Waals surface area contributed by atoms with E-state index >= 15 is 0 Å². The molecule has 0 bridgehead atoms. The summed E-state index contributed by atoms with van der Waals surface area (Å²) in [4.78, 5) is 27.9. The van der Waals surface area contributed by atoms with Crippen molar-refractivity contribution in [3.8, 4) is 0 Å². The Balaban J connectivity index is 2.08. The van der Waals surface area contributed by atoms with Crippen molar-refractivity contribution in [1.29, 1.82) is 0 Å². The maximum Gasteiger partial charge on any atom is 0.246 e. The SMILES string of the molecule is CCN(C(=O)CN(C(C)=O)C1CCCC1)c1ccccc1. The molecular weight excluding hydrogens is 264 g/mol. The molecule has 1 saturated carbocycles. The van der Waals surface area contributed by atoms with Crippen LogP contribution >= 0.6 is 0 Å². The molecule has 0 spiro atoms. The molecule has 0 saturated heterocycles. The minimum absolute atomic E-state index is 0.000588. The maximum absolute atomic E-state index is 12.6. The van der Waals surface area contributed by atoms with Gasteiger partial charge in [-0.2, -0.15) is 0 Å². The van der Waals surface area contributed by atoms with Crippen LogP contribution in [0.5, 0.6) is 0 Å². The number of benzene rings is 1. The second-order valence-electron chi connectivity index (χ2n) is 5.56. The Kier molecular flexibility index (Phi) is 5.37. The number of anilines is 1. The predicted octanol–water partition coefficient (Wildman–Crippen LogP) is 2.83. The van der Waals surface area contributed by atoms with E-state index < -0.39 is 0 Å². The van der Waals surface area contributed by atoms with Gasteiger partial charge in [0.2, 0.25) is 11.8 Å². The average molecular weight is 288 g/mol. The van der Waals surface area contributed by atoms with Crippen LogP contribution in [0.15, 0.2) is 30.3 Å². The molecular formula is C17H24N2O2. The molecule has 0 atom stereocenters. The standard InChI is InChI=1S/C17H24N2O2/c1-3-18(15-9-5-4-6-10-15)17(21)13-19(14(2)20)16-11-7-8-12-16/h4-6,9-10,16H,3,7-8,11-13H2,1-2H3. The van der Waals surface area contributed by atoms with Gasteiger partial charge in [-0.1, -0.05) is 31.0 Å². The van der Waals surface area contributed by atoms with Gasteiger partial charge in [0.1, 0.15) is 6.54 Å². The van der Waals surface area contributed by atoms with Gasteiger partial charge in [-0.15, -0.1) is 0 Å². The van der Waals surface area contributed by atoms with Crippen LogP contribution in [0.4, 0.5) is 5.69 Å². The van der Waals surface area contributed by atoms with E-state index in [4.69, 9.17) is 0 Å². The molecule has 4 heteroatoms. The fourth-order valence-corrected chi connectivity index (χ4v) is 3.06. The van der Waals surface area contributed by atoms with E-state index in [0.717, 1.165) is 31.4 Å². The Bertz CT molecular complexity index is 481. The van der Waals surface area contributed by atoms with Crippen molar-refractivity contribution in [2.24, 2.45) is 0 Å². The third-order valence-electron chi connectivity index (χ3n) is 4.16. The van der Waals surface area contributed by atoms with Gasteiger partial charge in [-0.05, 0) is 31.9 Å². The first-order chi connectivity index (χ1) is 10.1. The summed E-state index contributed by atoms with van der Waals surface area (Å²) in [5.41, 5.74) is 0.889. The third kappa shape index (κ3) is 3.84. The summed E-state index contributed by atoms with van der Waals surface area (Å²) in [5.74, 6) is -0.00911. The Hall–Kier alpha value is -1.84. The van der Waals surface area contributed by atoms with Crippen molar-refractivity contribution < 1.29 is 9.59 Å².